The van der Waals surface area contributed by atoms with Crippen molar-refractivity contribution in [1.82, 2.24) is 9.88 Å². The van der Waals surface area contributed by atoms with Gasteiger partial charge in [-0.1, -0.05) is 6.92 Å². The topological polar surface area (TPSA) is 65.5 Å². The van der Waals surface area contributed by atoms with Gasteiger partial charge in [0.15, 0.2) is 0 Å². The van der Waals surface area contributed by atoms with Crippen LogP contribution in [0.3, 0.4) is 0 Å². The number of pyridine rings is 1. The van der Waals surface area contributed by atoms with Crippen molar-refractivity contribution in [3.05, 3.63) is 24.0 Å². The molecular weight excluding hydrogens is 254 g/mol. The fourth-order valence-corrected chi connectivity index (χ4v) is 2.55. The summed E-state index contributed by atoms with van der Waals surface area (Å²) in [6, 6.07) is 1.77. The minimum atomic E-state index is 0.0316. The first kappa shape index (κ1) is 14.8. The Bertz CT molecular complexity index is 450. The molecule has 5 heteroatoms. The lowest BCUT2D eigenvalue weighted by Gasteiger charge is -2.32. The Morgan fingerprint density at radius 1 is 1.60 bits per heavy atom. The van der Waals surface area contributed by atoms with Gasteiger partial charge >= 0.3 is 0 Å². The number of aliphatic hydroxyl groups is 1. The molecule has 0 aliphatic carbocycles. The van der Waals surface area contributed by atoms with Gasteiger partial charge in [0.2, 0.25) is 0 Å². The van der Waals surface area contributed by atoms with E-state index in [1.807, 2.05) is 4.90 Å². The van der Waals surface area contributed by atoms with Crippen molar-refractivity contribution in [1.29, 1.82) is 0 Å². The van der Waals surface area contributed by atoms with Crippen LogP contribution in [0.1, 0.15) is 36.5 Å². The molecule has 0 bridgehead atoms. The third kappa shape index (κ3) is 3.48. The van der Waals surface area contributed by atoms with Crippen LogP contribution < -0.4 is 5.32 Å². The van der Waals surface area contributed by atoms with Gasteiger partial charge in [-0.15, -0.1) is 0 Å². The molecule has 0 radical (unpaired) electrons. The minimum absolute atomic E-state index is 0.0316. The van der Waals surface area contributed by atoms with Crippen molar-refractivity contribution < 1.29 is 9.90 Å². The van der Waals surface area contributed by atoms with Gasteiger partial charge in [0.05, 0.1) is 17.4 Å². The zero-order valence-electron chi connectivity index (χ0n) is 12.0. The van der Waals surface area contributed by atoms with E-state index in [-0.39, 0.29) is 18.4 Å². The van der Waals surface area contributed by atoms with Crippen LogP contribution in [-0.4, -0.2) is 47.1 Å². The molecule has 0 saturated carbocycles. The zero-order chi connectivity index (χ0) is 14.4. The maximum absolute atomic E-state index is 12.6. The Morgan fingerprint density at radius 3 is 3.20 bits per heavy atom. The predicted octanol–water partition coefficient (Wildman–Crippen LogP) is 1.75. The molecule has 1 atom stereocenters. The summed E-state index contributed by atoms with van der Waals surface area (Å²) in [5.74, 6) is 0.241. The lowest BCUT2D eigenvalue weighted by molar-refractivity contribution is 0.0621. The van der Waals surface area contributed by atoms with Gasteiger partial charge in [-0.05, 0) is 31.2 Å². The first-order valence-electron chi connectivity index (χ1n) is 7.34. The van der Waals surface area contributed by atoms with E-state index < -0.39 is 0 Å². The van der Waals surface area contributed by atoms with Gasteiger partial charge in [0, 0.05) is 32.4 Å². The molecule has 1 unspecified atom stereocenters. The fraction of sp³-hybridized carbons (Fsp3) is 0.600. The Morgan fingerprint density at radius 2 is 2.45 bits per heavy atom. The monoisotopic (exact) mass is 277 g/mol. The highest BCUT2D eigenvalue weighted by atomic mass is 16.3. The number of nitrogens with one attached hydrogen (secondary N) is 1. The largest absolute Gasteiger partial charge is 0.396 e. The summed E-state index contributed by atoms with van der Waals surface area (Å²) in [7, 11) is 0. The van der Waals surface area contributed by atoms with E-state index in [0.29, 0.717) is 12.1 Å². The fourth-order valence-electron chi connectivity index (χ4n) is 2.55. The smallest absolute Gasteiger partial charge is 0.256 e. The second-order valence-electron chi connectivity index (χ2n) is 5.29. The van der Waals surface area contributed by atoms with Crippen LogP contribution in [0.2, 0.25) is 0 Å². The van der Waals surface area contributed by atoms with Crippen LogP contribution in [0.5, 0.6) is 0 Å². The van der Waals surface area contributed by atoms with Crippen molar-refractivity contribution in [2.75, 3.05) is 31.6 Å². The highest BCUT2D eigenvalue weighted by molar-refractivity contribution is 5.99. The summed E-state index contributed by atoms with van der Waals surface area (Å²) in [6.45, 7) is 4.48. The van der Waals surface area contributed by atoms with E-state index in [1.54, 1.807) is 18.5 Å². The number of carbonyl (C=O) groups is 1. The summed E-state index contributed by atoms with van der Waals surface area (Å²) in [6.07, 6.45) is 6.31. The summed E-state index contributed by atoms with van der Waals surface area (Å²) in [4.78, 5) is 18.5. The average molecular weight is 277 g/mol. The quantitative estimate of drug-likeness (QED) is 0.860. The number of amides is 1. The SMILES string of the molecule is CCCNc1cnccc1C(=O)N1CCCC(CO)C1. The first-order valence-corrected chi connectivity index (χ1v) is 7.34. The van der Waals surface area contributed by atoms with Gasteiger partial charge < -0.3 is 15.3 Å². The number of rotatable bonds is 5. The lowest BCUT2D eigenvalue weighted by Crippen LogP contribution is -2.41. The molecule has 1 aliphatic heterocycles. The van der Waals surface area contributed by atoms with E-state index in [0.717, 1.165) is 38.0 Å². The molecule has 2 rings (SSSR count). The Balaban J connectivity index is 2.11. The molecule has 1 saturated heterocycles. The minimum Gasteiger partial charge on any atom is -0.396 e. The summed E-state index contributed by atoms with van der Waals surface area (Å²) in [5.41, 5.74) is 1.47. The molecule has 2 N–H and O–H groups in total. The third-order valence-electron chi connectivity index (χ3n) is 3.68. The maximum atomic E-state index is 12.6. The van der Waals surface area contributed by atoms with Crippen molar-refractivity contribution in [2.24, 2.45) is 5.92 Å². The van der Waals surface area contributed by atoms with Gasteiger partial charge in [-0.3, -0.25) is 9.78 Å². The molecule has 20 heavy (non-hydrogen) atoms. The molecule has 0 spiro atoms. The molecular formula is C15H23N3O2. The van der Waals surface area contributed by atoms with Gasteiger partial charge in [-0.25, -0.2) is 0 Å². The highest BCUT2D eigenvalue weighted by Gasteiger charge is 2.25. The number of nitrogens with zero attached hydrogens (tertiary/aromatic N) is 2. The van der Waals surface area contributed by atoms with Crippen LogP contribution in [0.15, 0.2) is 18.5 Å². The second-order valence-corrected chi connectivity index (χ2v) is 5.29. The number of hydrogen-bond acceptors (Lipinski definition) is 4. The Labute approximate surface area is 120 Å². The van der Waals surface area contributed by atoms with Crippen molar-refractivity contribution >= 4 is 11.6 Å². The van der Waals surface area contributed by atoms with Crippen molar-refractivity contribution in [2.45, 2.75) is 26.2 Å². The summed E-state index contributed by atoms with van der Waals surface area (Å²) in [5, 5.41) is 12.5. The molecule has 1 fully saturated rings. The number of aromatic nitrogens is 1. The lowest BCUT2D eigenvalue weighted by atomic mass is 9.98. The number of piperidine rings is 1. The molecule has 110 valence electrons. The van der Waals surface area contributed by atoms with E-state index in [2.05, 4.69) is 17.2 Å². The van der Waals surface area contributed by atoms with E-state index >= 15 is 0 Å². The summed E-state index contributed by atoms with van der Waals surface area (Å²) >= 11 is 0. The van der Waals surface area contributed by atoms with Crippen molar-refractivity contribution in [3.8, 4) is 0 Å². The molecule has 0 aromatic carbocycles. The number of carbonyl (C=O) groups excluding carboxylic acids is 1. The normalized spacial score (nSPS) is 18.9. The predicted molar refractivity (Wildman–Crippen MR) is 78.7 cm³/mol. The number of aliphatic hydroxyl groups excluding tert-OH is 1. The zero-order valence-corrected chi connectivity index (χ0v) is 12.0. The van der Waals surface area contributed by atoms with E-state index in [9.17, 15) is 9.90 Å². The summed E-state index contributed by atoms with van der Waals surface area (Å²) < 4.78 is 0. The molecule has 1 aromatic rings. The van der Waals surface area contributed by atoms with Gasteiger partial charge in [0.1, 0.15) is 0 Å². The number of hydrogen-bond donors (Lipinski definition) is 2. The van der Waals surface area contributed by atoms with Gasteiger partial charge in [-0.2, -0.15) is 0 Å². The van der Waals surface area contributed by atoms with Crippen molar-refractivity contribution in [3.63, 3.8) is 0 Å². The number of likely N-dealkylation sites (tertiary alicyclic amines) is 1. The van der Waals surface area contributed by atoms with E-state index in [1.165, 1.54) is 0 Å². The first-order chi connectivity index (χ1) is 9.76. The Hall–Kier alpha value is -1.62. The number of anilines is 1. The standard InChI is InChI=1S/C15H23N3O2/c1-2-6-17-14-9-16-7-5-13(14)15(20)18-8-3-4-12(10-18)11-19/h5,7,9,12,17,19H,2-4,6,8,10-11H2,1H3. The molecule has 1 aliphatic rings. The van der Waals surface area contributed by atoms with Crippen LogP contribution in [0.25, 0.3) is 0 Å². The van der Waals surface area contributed by atoms with Gasteiger partial charge in [0.25, 0.3) is 5.91 Å². The van der Waals surface area contributed by atoms with Crippen LogP contribution >= 0.6 is 0 Å². The molecule has 2 heterocycles. The van der Waals surface area contributed by atoms with Crippen LogP contribution in [-0.2, 0) is 0 Å². The van der Waals surface area contributed by atoms with Crippen LogP contribution in [0.4, 0.5) is 5.69 Å². The van der Waals surface area contributed by atoms with Crippen LogP contribution in [0, 0.1) is 5.92 Å². The van der Waals surface area contributed by atoms with E-state index in [4.69, 9.17) is 0 Å². The molecule has 1 aromatic heterocycles. The maximum Gasteiger partial charge on any atom is 0.256 e. The third-order valence-corrected chi connectivity index (χ3v) is 3.68. The Kier molecular flexibility index (Phi) is 5.35. The average Bonchev–Trinajstić information content (AvgIpc) is 2.52. The molecule has 1 amide bonds. The molecule has 5 nitrogen and oxygen atoms in total. The second kappa shape index (κ2) is 7.24. The highest BCUT2D eigenvalue weighted by Crippen LogP contribution is 2.21.